The minimum Gasteiger partial charge on any atom is -0.304 e. The van der Waals surface area contributed by atoms with Crippen molar-refractivity contribution in [1.29, 1.82) is 0 Å². The maximum absolute atomic E-state index is 13.9. The summed E-state index contributed by atoms with van der Waals surface area (Å²) >= 11 is 0. The van der Waals surface area contributed by atoms with E-state index in [1.54, 1.807) is 35.0 Å². The first-order valence-electron chi connectivity index (χ1n) is 9.00. The minimum atomic E-state index is -4.40. The van der Waals surface area contributed by atoms with Gasteiger partial charge in [0.05, 0.1) is 23.2 Å². The molecule has 4 rings (SSSR count). The van der Waals surface area contributed by atoms with E-state index in [4.69, 9.17) is 0 Å². The summed E-state index contributed by atoms with van der Waals surface area (Å²) in [4.78, 5) is 12.5. The summed E-state index contributed by atoms with van der Waals surface area (Å²) in [5, 5.41) is 7.64. The Bertz CT molecular complexity index is 1210. The van der Waals surface area contributed by atoms with E-state index in [0.717, 1.165) is 12.1 Å². The first-order valence-corrected chi connectivity index (χ1v) is 9.00. The Morgan fingerprint density at radius 3 is 2.30 bits per heavy atom. The fourth-order valence-electron chi connectivity index (χ4n) is 3.13. The number of carbonyl (C=O) groups excluding carboxylic acids is 1. The van der Waals surface area contributed by atoms with Gasteiger partial charge in [-0.2, -0.15) is 18.3 Å². The number of amides is 1. The quantitative estimate of drug-likeness (QED) is 0.450. The number of alkyl halides is 3. The predicted octanol–water partition coefficient (Wildman–Crippen LogP) is 5.49. The molecule has 4 aromatic rings. The molecule has 0 saturated carbocycles. The molecule has 0 aliphatic heterocycles. The van der Waals surface area contributed by atoms with Crippen molar-refractivity contribution in [2.75, 3.05) is 5.32 Å². The highest BCUT2D eigenvalue weighted by molar-refractivity contribution is 6.08. The molecule has 0 saturated heterocycles. The van der Waals surface area contributed by atoms with Crippen LogP contribution in [0, 0.1) is 5.82 Å². The van der Waals surface area contributed by atoms with Gasteiger partial charge in [0, 0.05) is 5.39 Å². The molecule has 0 unspecified atom stereocenters. The standard InChI is InChI=1S/C22H15F4N3O/c23-18-7-3-1-5-16(18)21(30)27-20-17-6-2-4-8-19(17)29(28-20)13-14-9-11-15(12-10-14)22(24,25)26/h1-12H,13H2,(H,27,28,30). The fourth-order valence-corrected chi connectivity index (χ4v) is 3.13. The molecule has 0 spiro atoms. The number of rotatable bonds is 4. The second-order valence-electron chi connectivity index (χ2n) is 6.65. The highest BCUT2D eigenvalue weighted by Gasteiger charge is 2.30. The van der Waals surface area contributed by atoms with Crippen LogP contribution >= 0.6 is 0 Å². The predicted molar refractivity (Wildman–Crippen MR) is 105 cm³/mol. The number of fused-ring (bicyclic) bond motifs is 1. The number of nitrogens with one attached hydrogen (secondary N) is 1. The van der Waals surface area contributed by atoms with Crippen molar-refractivity contribution in [2.45, 2.75) is 12.7 Å². The second-order valence-corrected chi connectivity index (χ2v) is 6.65. The Morgan fingerprint density at radius 1 is 0.933 bits per heavy atom. The van der Waals surface area contributed by atoms with Gasteiger partial charge < -0.3 is 5.32 Å². The molecule has 1 amide bonds. The average molecular weight is 413 g/mol. The largest absolute Gasteiger partial charge is 0.416 e. The van der Waals surface area contributed by atoms with E-state index in [9.17, 15) is 22.4 Å². The summed E-state index contributed by atoms with van der Waals surface area (Å²) < 4.78 is 53.8. The summed E-state index contributed by atoms with van der Waals surface area (Å²) in [6.07, 6.45) is -4.40. The molecule has 3 aromatic carbocycles. The highest BCUT2D eigenvalue weighted by Crippen LogP contribution is 2.30. The van der Waals surface area contributed by atoms with Gasteiger partial charge in [0.1, 0.15) is 5.82 Å². The Labute approximate surface area is 168 Å². The van der Waals surface area contributed by atoms with Gasteiger partial charge in [0.15, 0.2) is 5.82 Å². The molecule has 0 aliphatic carbocycles. The zero-order valence-electron chi connectivity index (χ0n) is 15.4. The Morgan fingerprint density at radius 2 is 1.60 bits per heavy atom. The molecule has 30 heavy (non-hydrogen) atoms. The van der Waals surface area contributed by atoms with Crippen LogP contribution in [-0.4, -0.2) is 15.7 Å². The third kappa shape index (κ3) is 3.89. The van der Waals surface area contributed by atoms with Crippen LogP contribution in [0.2, 0.25) is 0 Å². The Hall–Kier alpha value is -3.68. The number of hydrogen-bond donors (Lipinski definition) is 1. The third-order valence-electron chi connectivity index (χ3n) is 4.62. The van der Waals surface area contributed by atoms with Crippen molar-refractivity contribution in [1.82, 2.24) is 9.78 Å². The summed E-state index contributed by atoms with van der Waals surface area (Å²) in [6.45, 7) is 0.203. The van der Waals surface area contributed by atoms with E-state index in [-0.39, 0.29) is 17.9 Å². The van der Waals surface area contributed by atoms with Gasteiger partial charge in [-0.15, -0.1) is 0 Å². The van der Waals surface area contributed by atoms with Gasteiger partial charge in [-0.1, -0.05) is 36.4 Å². The van der Waals surface area contributed by atoms with Crippen LogP contribution in [0.15, 0.2) is 72.8 Å². The Kier molecular flexibility index (Phi) is 4.99. The number of nitrogens with zero attached hydrogens (tertiary/aromatic N) is 2. The topological polar surface area (TPSA) is 46.9 Å². The van der Waals surface area contributed by atoms with Crippen LogP contribution in [0.4, 0.5) is 23.4 Å². The van der Waals surface area contributed by atoms with Gasteiger partial charge in [0.25, 0.3) is 5.91 Å². The molecule has 0 aliphatic rings. The van der Waals surface area contributed by atoms with Crippen molar-refractivity contribution >= 4 is 22.6 Å². The summed E-state index contributed by atoms with van der Waals surface area (Å²) in [6, 6.07) is 17.5. The molecule has 4 nitrogen and oxygen atoms in total. The first kappa shape index (κ1) is 19.6. The number of anilines is 1. The maximum atomic E-state index is 13.9. The molecule has 0 fully saturated rings. The van der Waals surface area contributed by atoms with Gasteiger partial charge in [-0.3, -0.25) is 9.48 Å². The maximum Gasteiger partial charge on any atom is 0.416 e. The highest BCUT2D eigenvalue weighted by atomic mass is 19.4. The number of aromatic nitrogens is 2. The fraction of sp³-hybridized carbons (Fsp3) is 0.0909. The van der Waals surface area contributed by atoms with Gasteiger partial charge in [-0.05, 0) is 42.0 Å². The molecule has 1 aromatic heterocycles. The molecule has 1 heterocycles. The van der Waals surface area contributed by atoms with E-state index < -0.39 is 23.5 Å². The monoisotopic (exact) mass is 413 g/mol. The van der Waals surface area contributed by atoms with E-state index >= 15 is 0 Å². The zero-order chi connectivity index (χ0) is 21.3. The van der Waals surface area contributed by atoms with Crippen LogP contribution in [0.25, 0.3) is 10.9 Å². The second kappa shape index (κ2) is 7.62. The smallest absolute Gasteiger partial charge is 0.304 e. The van der Waals surface area contributed by atoms with Crippen molar-refractivity contribution in [2.24, 2.45) is 0 Å². The van der Waals surface area contributed by atoms with Crippen molar-refractivity contribution in [3.8, 4) is 0 Å². The van der Waals surface area contributed by atoms with Crippen LogP contribution in [-0.2, 0) is 12.7 Å². The molecule has 1 N–H and O–H groups in total. The lowest BCUT2D eigenvalue weighted by Crippen LogP contribution is -2.14. The van der Waals surface area contributed by atoms with Crippen molar-refractivity contribution < 1.29 is 22.4 Å². The molecule has 0 radical (unpaired) electrons. The lowest BCUT2D eigenvalue weighted by Gasteiger charge is -2.08. The number of para-hydroxylation sites is 1. The lowest BCUT2D eigenvalue weighted by molar-refractivity contribution is -0.137. The average Bonchev–Trinajstić information content (AvgIpc) is 3.05. The Balaban J connectivity index is 1.64. The van der Waals surface area contributed by atoms with Crippen LogP contribution in [0.3, 0.4) is 0 Å². The normalized spacial score (nSPS) is 11.6. The van der Waals surface area contributed by atoms with Gasteiger partial charge in [-0.25, -0.2) is 4.39 Å². The van der Waals surface area contributed by atoms with E-state index in [1.165, 1.54) is 30.3 Å². The minimum absolute atomic E-state index is 0.112. The van der Waals surface area contributed by atoms with Crippen molar-refractivity contribution in [3.63, 3.8) is 0 Å². The number of hydrogen-bond acceptors (Lipinski definition) is 2. The van der Waals surface area contributed by atoms with E-state index in [2.05, 4.69) is 10.4 Å². The molecule has 0 atom stereocenters. The molecule has 152 valence electrons. The molecule has 0 bridgehead atoms. The third-order valence-corrected chi connectivity index (χ3v) is 4.62. The van der Waals surface area contributed by atoms with Crippen LogP contribution in [0.5, 0.6) is 0 Å². The number of carbonyl (C=O) groups is 1. The van der Waals surface area contributed by atoms with E-state index in [0.29, 0.717) is 16.5 Å². The first-order chi connectivity index (χ1) is 14.3. The van der Waals surface area contributed by atoms with E-state index in [1.807, 2.05) is 0 Å². The van der Waals surface area contributed by atoms with Gasteiger partial charge >= 0.3 is 6.18 Å². The lowest BCUT2D eigenvalue weighted by atomic mass is 10.1. The summed E-state index contributed by atoms with van der Waals surface area (Å²) in [5.74, 6) is -1.05. The molecular formula is C22H15F4N3O. The van der Waals surface area contributed by atoms with Crippen LogP contribution < -0.4 is 5.32 Å². The summed E-state index contributed by atoms with van der Waals surface area (Å²) in [7, 11) is 0. The number of benzene rings is 3. The molecular weight excluding hydrogens is 398 g/mol. The zero-order valence-corrected chi connectivity index (χ0v) is 15.4. The summed E-state index contributed by atoms with van der Waals surface area (Å²) in [5.41, 5.74) is 0.456. The van der Waals surface area contributed by atoms with Crippen molar-refractivity contribution in [3.05, 3.63) is 95.3 Å². The van der Waals surface area contributed by atoms with Crippen LogP contribution in [0.1, 0.15) is 21.5 Å². The number of halogens is 4. The SMILES string of the molecule is O=C(Nc1nn(Cc2ccc(C(F)(F)F)cc2)c2ccccc12)c1ccccc1F. The molecule has 8 heteroatoms. The van der Waals surface area contributed by atoms with Gasteiger partial charge in [0.2, 0.25) is 0 Å².